The number of pyridine rings is 1. The van der Waals surface area contributed by atoms with Crippen LogP contribution in [0.3, 0.4) is 0 Å². The second-order valence-electron chi connectivity index (χ2n) is 7.08. The van der Waals surface area contributed by atoms with Crippen LogP contribution in [0.2, 0.25) is 0 Å². The maximum absolute atomic E-state index is 11.7. The number of hydrogen-bond acceptors (Lipinski definition) is 7. The molecule has 0 atom stereocenters. The lowest BCUT2D eigenvalue weighted by molar-refractivity contribution is 0.122. The molecule has 0 radical (unpaired) electrons. The van der Waals surface area contributed by atoms with Gasteiger partial charge in [-0.3, -0.25) is 4.90 Å². The number of ether oxygens (including phenoxy) is 1. The molecule has 0 aliphatic carbocycles. The first kappa shape index (κ1) is 20.0. The number of phenols is 1. The molecule has 4 rings (SSSR count). The molecular formula is C21H24N4O5. The summed E-state index contributed by atoms with van der Waals surface area (Å²) < 4.78 is 5.45. The summed E-state index contributed by atoms with van der Waals surface area (Å²) in [6.07, 6.45) is 0.398. The van der Waals surface area contributed by atoms with Crippen molar-refractivity contribution < 1.29 is 24.9 Å². The van der Waals surface area contributed by atoms with E-state index in [2.05, 4.69) is 10.2 Å². The number of anilines is 1. The third-order valence-corrected chi connectivity index (χ3v) is 5.18. The molecule has 30 heavy (non-hydrogen) atoms. The summed E-state index contributed by atoms with van der Waals surface area (Å²) in [4.78, 5) is 19.8. The quantitative estimate of drug-likeness (QED) is 0.586. The van der Waals surface area contributed by atoms with Gasteiger partial charge in [0.05, 0.1) is 37.8 Å². The zero-order valence-electron chi connectivity index (χ0n) is 16.4. The van der Waals surface area contributed by atoms with Crippen LogP contribution in [0.15, 0.2) is 36.5 Å². The van der Waals surface area contributed by atoms with Gasteiger partial charge in [0.25, 0.3) is 0 Å². The number of hydrogen-bond donors (Lipinski definition) is 4. The number of nitrogens with one attached hydrogen (secondary N) is 1. The molecule has 2 aromatic rings. The predicted octanol–water partition coefficient (Wildman–Crippen LogP) is 1.66. The maximum Gasteiger partial charge on any atom is 0.411 e. The number of nitrogens with zero attached hydrogens (tertiary/aromatic N) is 3. The fourth-order valence-corrected chi connectivity index (χ4v) is 3.71. The number of rotatable bonds is 5. The molecule has 1 saturated heterocycles. The molecule has 0 spiro atoms. The summed E-state index contributed by atoms with van der Waals surface area (Å²) in [6.45, 7) is 2.84. The number of aliphatic hydroxyl groups excluding tert-OH is 1. The molecule has 3 heterocycles. The SMILES string of the molecule is O=C(O)N1C=C(NCCO)c2nc(N3CCOCC3)cc(-c3ccccc3O)c2C1. The number of aromatic nitrogens is 1. The van der Waals surface area contributed by atoms with Crippen molar-refractivity contribution in [1.82, 2.24) is 15.2 Å². The number of aromatic hydroxyl groups is 1. The second kappa shape index (κ2) is 8.60. The lowest BCUT2D eigenvalue weighted by Gasteiger charge is -2.32. The molecular weight excluding hydrogens is 388 g/mol. The monoisotopic (exact) mass is 412 g/mol. The number of benzene rings is 1. The van der Waals surface area contributed by atoms with Crippen molar-refractivity contribution in [3.8, 4) is 16.9 Å². The van der Waals surface area contributed by atoms with Crippen molar-refractivity contribution in [3.63, 3.8) is 0 Å². The van der Waals surface area contributed by atoms with E-state index in [1.807, 2.05) is 12.1 Å². The summed E-state index contributed by atoms with van der Waals surface area (Å²) in [6, 6.07) is 8.88. The van der Waals surface area contributed by atoms with E-state index >= 15 is 0 Å². The van der Waals surface area contributed by atoms with Gasteiger partial charge < -0.3 is 30.3 Å². The smallest absolute Gasteiger partial charge is 0.411 e. The van der Waals surface area contributed by atoms with E-state index in [1.165, 1.54) is 11.1 Å². The molecule has 1 fully saturated rings. The van der Waals surface area contributed by atoms with Gasteiger partial charge in [-0.15, -0.1) is 0 Å². The third kappa shape index (κ3) is 3.89. The number of fused-ring (bicyclic) bond motifs is 1. The van der Waals surface area contributed by atoms with E-state index in [9.17, 15) is 20.1 Å². The van der Waals surface area contributed by atoms with Crippen LogP contribution in [0.4, 0.5) is 10.6 Å². The number of morpholine rings is 1. The number of carboxylic acid groups (broad SMARTS) is 1. The van der Waals surface area contributed by atoms with Crippen LogP contribution in [-0.2, 0) is 11.3 Å². The van der Waals surface area contributed by atoms with Crippen molar-refractivity contribution >= 4 is 17.6 Å². The predicted molar refractivity (Wildman–Crippen MR) is 111 cm³/mol. The summed E-state index contributed by atoms with van der Waals surface area (Å²) in [5.74, 6) is 0.843. The van der Waals surface area contributed by atoms with Crippen LogP contribution >= 0.6 is 0 Å². The van der Waals surface area contributed by atoms with Gasteiger partial charge in [-0.2, -0.15) is 0 Å². The summed E-state index contributed by atoms with van der Waals surface area (Å²) in [5, 5.41) is 32.4. The Balaban J connectivity index is 1.90. The van der Waals surface area contributed by atoms with E-state index in [0.717, 1.165) is 11.4 Å². The Hall–Kier alpha value is -3.30. The Morgan fingerprint density at radius 2 is 1.97 bits per heavy atom. The van der Waals surface area contributed by atoms with E-state index in [0.29, 0.717) is 48.8 Å². The van der Waals surface area contributed by atoms with E-state index < -0.39 is 6.09 Å². The first-order valence-corrected chi connectivity index (χ1v) is 9.80. The topological polar surface area (TPSA) is 118 Å². The Bertz CT molecular complexity index is 972. The normalized spacial score (nSPS) is 16.1. The molecule has 0 bridgehead atoms. The van der Waals surface area contributed by atoms with Gasteiger partial charge in [0.15, 0.2) is 0 Å². The van der Waals surface area contributed by atoms with E-state index in [1.54, 1.807) is 18.2 Å². The highest BCUT2D eigenvalue weighted by molar-refractivity contribution is 5.83. The highest BCUT2D eigenvalue weighted by Gasteiger charge is 2.28. The minimum Gasteiger partial charge on any atom is -0.507 e. The van der Waals surface area contributed by atoms with E-state index in [-0.39, 0.29) is 25.4 Å². The molecule has 1 aromatic heterocycles. The fraction of sp³-hybridized carbons (Fsp3) is 0.333. The Labute approximate surface area is 173 Å². The van der Waals surface area contributed by atoms with Gasteiger partial charge in [0, 0.05) is 37.0 Å². The van der Waals surface area contributed by atoms with Gasteiger partial charge in [-0.1, -0.05) is 18.2 Å². The van der Waals surface area contributed by atoms with Crippen molar-refractivity contribution in [2.45, 2.75) is 6.54 Å². The lowest BCUT2D eigenvalue weighted by atomic mass is 9.94. The van der Waals surface area contributed by atoms with Crippen molar-refractivity contribution in [3.05, 3.63) is 47.8 Å². The molecule has 4 N–H and O–H groups in total. The fourth-order valence-electron chi connectivity index (χ4n) is 3.71. The van der Waals surface area contributed by atoms with Crippen molar-refractivity contribution in [1.29, 1.82) is 0 Å². The average molecular weight is 412 g/mol. The minimum atomic E-state index is -1.09. The highest BCUT2D eigenvalue weighted by Crippen LogP contribution is 2.39. The largest absolute Gasteiger partial charge is 0.507 e. The highest BCUT2D eigenvalue weighted by atomic mass is 16.5. The standard InChI is InChI=1S/C21H24N4O5/c26-8-5-22-17-13-25(21(28)29)12-16-15(14-3-1-2-4-18(14)27)11-19(23-20(16)17)24-6-9-30-10-7-24/h1-4,11,13,22,26-27H,5-10,12H2,(H,28,29). The average Bonchev–Trinajstić information content (AvgIpc) is 2.77. The second-order valence-corrected chi connectivity index (χ2v) is 7.08. The van der Waals surface area contributed by atoms with Gasteiger partial charge >= 0.3 is 6.09 Å². The molecule has 1 aromatic carbocycles. The zero-order chi connectivity index (χ0) is 21.1. The molecule has 9 nitrogen and oxygen atoms in total. The number of para-hydroxylation sites is 1. The molecule has 0 unspecified atom stereocenters. The molecule has 158 valence electrons. The summed E-state index contributed by atoms with van der Waals surface area (Å²) in [7, 11) is 0. The number of carbonyl (C=O) groups is 1. The Morgan fingerprint density at radius 3 is 2.67 bits per heavy atom. The van der Waals surface area contributed by atoms with Crippen LogP contribution < -0.4 is 10.2 Å². The van der Waals surface area contributed by atoms with Crippen LogP contribution in [0, 0.1) is 0 Å². The molecule has 1 amide bonds. The minimum absolute atomic E-state index is 0.102. The number of aliphatic hydroxyl groups is 1. The van der Waals surface area contributed by atoms with Crippen LogP contribution in [0.5, 0.6) is 5.75 Å². The first-order valence-electron chi connectivity index (χ1n) is 9.80. The zero-order valence-corrected chi connectivity index (χ0v) is 16.4. The molecule has 2 aliphatic heterocycles. The van der Waals surface area contributed by atoms with Gasteiger partial charge in [0.1, 0.15) is 11.6 Å². The van der Waals surface area contributed by atoms with Gasteiger partial charge in [-0.25, -0.2) is 9.78 Å². The Morgan fingerprint density at radius 1 is 1.20 bits per heavy atom. The first-order chi connectivity index (χ1) is 14.6. The van der Waals surface area contributed by atoms with Crippen LogP contribution in [-0.4, -0.2) is 70.8 Å². The molecule has 0 saturated carbocycles. The maximum atomic E-state index is 11.7. The van der Waals surface area contributed by atoms with Crippen molar-refractivity contribution in [2.24, 2.45) is 0 Å². The van der Waals surface area contributed by atoms with Crippen LogP contribution in [0.25, 0.3) is 16.8 Å². The molecule has 9 heteroatoms. The lowest BCUT2D eigenvalue weighted by Crippen LogP contribution is -2.37. The number of amides is 1. The molecule has 2 aliphatic rings. The number of phenolic OH excluding ortho intramolecular Hbond substituents is 1. The summed E-state index contributed by atoms with van der Waals surface area (Å²) in [5.41, 5.74) is 3.16. The van der Waals surface area contributed by atoms with Gasteiger partial charge in [-0.05, 0) is 17.7 Å². The van der Waals surface area contributed by atoms with Gasteiger partial charge in [0.2, 0.25) is 0 Å². The van der Waals surface area contributed by atoms with E-state index in [4.69, 9.17) is 9.72 Å². The third-order valence-electron chi connectivity index (χ3n) is 5.18. The Kier molecular flexibility index (Phi) is 5.73. The van der Waals surface area contributed by atoms with Crippen molar-refractivity contribution in [2.75, 3.05) is 44.4 Å². The summed E-state index contributed by atoms with van der Waals surface area (Å²) >= 11 is 0. The van der Waals surface area contributed by atoms with Crippen LogP contribution in [0.1, 0.15) is 11.3 Å².